The number of nitrogens with one attached hydrogen (secondary N) is 1. The van der Waals surface area contributed by atoms with Gasteiger partial charge in [-0.25, -0.2) is 4.79 Å². The number of amides is 2. The predicted octanol–water partition coefficient (Wildman–Crippen LogP) is 2.56. The maximum atomic E-state index is 11.9. The Bertz CT molecular complexity index is 355. The standard InChI is InChI=1S/C15H28N2O3/c1-11-9-12(11)10-17(4)14(20)16-8-7-15(2,3)6-5-13(18)19/h11-12H,5-10H2,1-4H3,(H,16,20)(H,18,19). The SMILES string of the molecule is CC1CC1CN(C)C(=O)NCCC(C)(C)CCC(=O)O. The molecule has 1 fully saturated rings. The van der Waals surface area contributed by atoms with Crippen LogP contribution in [0, 0.1) is 17.3 Å². The highest BCUT2D eigenvalue weighted by molar-refractivity contribution is 5.73. The second-order valence-electron chi connectivity index (χ2n) is 6.89. The molecule has 0 saturated heterocycles. The van der Waals surface area contributed by atoms with E-state index in [0.717, 1.165) is 18.9 Å². The first kappa shape index (κ1) is 16.8. The molecule has 1 aliphatic carbocycles. The molecule has 0 aromatic heterocycles. The van der Waals surface area contributed by atoms with Gasteiger partial charge in [-0.05, 0) is 36.5 Å². The first-order valence-corrected chi connectivity index (χ1v) is 7.42. The van der Waals surface area contributed by atoms with Gasteiger partial charge in [-0.15, -0.1) is 0 Å². The molecule has 1 rings (SSSR count). The zero-order valence-corrected chi connectivity index (χ0v) is 13.1. The topological polar surface area (TPSA) is 69.6 Å². The van der Waals surface area contributed by atoms with E-state index >= 15 is 0 Å². The maximum absolute atomic E-state index is 11.9. The summed E-state index contributed by atoms with van der Waals surface area (Å²) >= 11 is 0. The predicted molar refractivity (Wildman–Crippen MR) is 78.6 cm³/mol. The van der Waals surface area contributed by atoms with Crippen LogP contribution < -0.4 is 5.32 Å². The lowest BCUT2D eigenvalue weighted by molar-refractivity contribution is -0.137. The van der Waals surface area contributed by atoms with Gasteiger partial charge in [0.1, 0.15) is 0 Å². The molecular weight excluding hydrogens is 256 g/mol. The summed E-state index contributed by atoms with van der Waals surface area (Å²) in [6, 6.07) is -0.0295. The second kappa shape index (κ2) is 6.95. The molecule has 5 nitrogen and oxygen atoms in total. The molecule has 2 atom stereocenters. The normalized spacial score (nSPS) is 21.4. The summed E-state index contributed by atoms with van der Waals surface area (Å²) < 4.78 is 0. The highest BCUT2D eigenvalue weighted by atomic mass is 16.4. The molecule has 1 aliphatic rings. The van der Waals surface area contributed by atoms with E-state index < -0.39 is 5.97 Å². The van der Waals surface area contributed by atoms with Gasteiger partial charge in [-0.1, -0.05) is 20.8 Å². The number of carbonyl (C=O) groups excluding carboxylic acids is 1. The molecule has 0 spiro atoms. The molecule has 0 heterocycles. The third-order valence-electron chi connectivity index (χ3n) is 4.22. The van der Waals surface area contributed by atoms with Crippen LogP contribution in [0.25, 0.3) is 0 Å². The molecule has 2 N–H and O–H groups in total. The third-order valence-corrected chi connectivity index (χ3v) is 4.22. The minimum atomic E-state index is -0.764. The summed E-state index contributed by atoms with van der Waals surface area (Å²) in [6.45, 7) is 7.71. The first-order chi connectivity index (χ1) is 9.21. The highest BCUT2D eigenvalue weighted by Crippen LogP contribution is 2.37. The highest BCUT2D eigenvalue weighted by Gasteiger charge is 2.34. The van der Waals surface area contributed by atoms with Gasteiger partial charge in [-0.2, -0.15) is 0 Å². The average Bonchev–Trinajstić information content (AvgIpc) is 3.02. The van der Waals surface area contributed by atoms with Crippen molar-refractivity contribution in [1.29, 1.82) is 0 Å². The number of aliphatic carboxylic acids is 1. The van der Waals surface area contributed by atoms with Crippen molar-refractivity contribution in [3.63, 3.8) is 0 Å². The molecule has 0 aromatic carbocycles. The fourth-order valence-corrected chi connectivity index (χ4v) is 2.30. The molecule has 20 heavy (non-hydrogen) atoms. The quantitative estimate of drug-likeness (QED) is 0.719. The van der Waals surface area contributed by atoms with Crippen molar-refractivity contribution >= 4 is 12.0 Å². The van der Waals surface area contributed by atoms with Gasteiger partial charge in [0.2, 0.25) is 0 Å². The molecule has 5 heteroatoms. The van der Waals surface area contributed by atoms with Crippen LogP contribution in [0.15, 0.2) is 0 Å². The van der Waals surface area contributed by atoms with Crippen molar-refractivity contribution in [2.45, 2.75) is 46.5 Å². The number of hydrogen-bond acceptors (Lipinski definition) is 2. The van der Waals surface area contributed by atoms with Crippen molar-refractivity contribution < 1.29 is 14.7 Å². The smallest absolute Gasteiger partial charge is 0.317 e. The molecular formula is C15H28N2O3. The Morgan fingerprint density at radius 3 is 2.45 bits per heavy atom. The average molecular weight is 284 g/mol. The third kappa shape index (κ3) is 6.26. The lowest BCUT2D eigenvalue weighted by atomic mass is 9.84. The zero-order valence-electron chi connectivity index (χ0n) is 13.1. The van der Waals surface area contributed by atoms with Crippen molar-refractivity contribution in [3.05, 3.63) is 0 Å². The molecule has 2 unspecified atom stereocenters. The van der Waals surface area contributed by atoms with Crippen LogP contribution in [0.3, 0.4) is 0 Å². The fourth-order valence-electron chi connectivity index (χ4n) is 2.30. The van der Waals surface area contributed by atoms with E-state index in [-0.39, 0.29) is 17.9 Å². The van der Waals surface area contributed by atoms with Gasteiger partial charge in [0.05, 0.1) is 0 Å². The van der Waals surface area contributed by atoms with Gasteiger partial charge in [0.25, 0.3) is 0 Å². The lowest BCUT2D eigenvalue weighted by Gasteiger charge is -2.25. The molecule has 0 aromatic rings. The van der Waals surface area contributed by atoms with E-state index in [2.05, 4.69) is 12.2 Å². The Balaban J connectivity index is 2.18. The van der Waals surface area contributed by atoms with Crippen LogP contribution >= 0.6 is 0 Å². The van der Waals surface area contributed by atoms with Gasteiger partial charge in [0.15, 0.2) is 0 Å². The number of nitrogens with zero attached hydrogens (tertiary/aromatic N) is 1. The van der Waals surface area contributed by atoms with E-state index in [4.69, 9.17) is 5.11 Å². The van der Waals surface area contributed by atoms with Crippen molar-refractivity contribution in [3.8, 4) is 0 Å². The first-order valence-electron chi connectivity index (χ1n) is 7.42. The van der Waals surface area contributed by atoms with Crippen molar-refractivity contribution in [1.82, 2.24) is 10.2 Å². The second-order valence-corrected chi connectivity index (χ2v) is 6.89. The summed E-state index contributed by atoms with van der Waals surface area (Å²) in [5.41, 5.74) is -0.0603. The summed E-state index contributed by atoms with van der Waals surface area (Å²) in [5, 5.41) is 11.6. The monoisotopic (exact) mass is 284 g/mol. The van der Waals surface area contributed by atoms with E-state index in [0.29, 0.717) is 18.9 Å². The molecule has 0 bridgehead atoms. The number of urea groups is 1. The Labute approximate surface area is 121 Å². The van der Waals surface area contributed by atoms with Gasteiger partial charge >= 0.3 is 12.0 Å². The van der Waals surface area contributed by atoms with E-state index in [9.17, 15) is 9.59 Å². The van der Waals surface area contributed by atoms with Gasteiger partial charge in [0, 0.05) is 26.6 Å². The Morgan fingerprint density at radius 1 is 1.35 bits per heavy atom. The Kier molecular flexibility index (Phi) is 5.84. The molecule has 2 amide bonds. The number of hydrogen-bond donors (Lipinski definition) is 2. The van der Waals surface area contributed by atoms with E-state index in [1.807, 2.05) is 20.9 Å². The molecule has 116 valence electrons. The molecule has 1 saturated carbocycles. The van der Waals surface area contributed by atoms with Crippen LogP contribution in [-0.2, 0) is 4.79 Å². The number of carbonyl (C=O) groups is 2. The Morgan fingerprint density at radius 2 is 1.95 bits per heavy atom. The lowest BCUT2D eigenvalue weighted by Crippen LogP contribution is -2.39. The van der Waals surface area contributed by atoms with Gasteiger partial charge in [-0.3, -0.25) is 4.79 Å². The number of carboxylic acids is 1. The van der Waals surface area contributed by atoms with Crippen LogP contribution in [0.4, 0.5) is 4.79 Å². The number of rotatable bonds is 8. The number of carboxylic acid groups (broad SMARTS) is 1. The summed E-state index contributed by atoms with van der Waals surface area (Å²) in [7, 11) is 1.83. The maximum Gasteiger partial charge on any atom is 0.317 e. The van der Waals surface area contributed by atoms with Crippen LogP contribution in [0.2, 0.25) is 0 Å². The van der Waals surface area contributed by atoms with Crippen LogP contribution in [0.1, 0.15) is 46.5 Å². The van der Waals surface area contributed by atoms with Crippen molar-refractivity contribution in [2.24, 2.45) is 17.3 Å². The fraction of sp³-hybridized carbons (Fsp3) is 0.867. The van der Waals surface area contributed by atoms with Crippen molar-refractivity contribution in [2.75, 3.05) is 20.1 Å². The minimum Gasteiger partial charge on any atom is -0.481 e. The summed E-state index contributed by atoms with van der Waals surface area (Å²) in [6.07, 6.45) is 2.83. The van der Waals surface area contributed by atoms with Crippen LogP contribution in [-0.4, -0.2) is 42.1 Å². The molecule has 0 radical (unpaired) electrons. The van der Waals surface area contributed by atoms with Crippen LogP contribution in [0.5, 0.6) is 0 Å². The zero-order chi connectivity index (χ0) is 15.3. The summed E-state index contributed by atoms with van der Waals surface area (Å²) in [4.78, 5) is 24.2. The van der Waals surface area contributed by atoms with Gasteiger partial charge < -0.3 is 15.3 Å². The largest absolute Gasteiger partial charge is 0.481 e. The van der Waals surface area contributed by atoms with E-state index in [1.54, 1.807) is 4.90 Å². The molecule has 0 aliphatic heterocycles. The summed E-state index contributed by atoms with van der Waals surface area (Å²) in [5.74, 6) is 0.651. The minimum absolute atomic E-state index is 0.0295. The Hall–Kier alpha value is -1.26. The van der Waals surface area contributed by atoms with E-state index in [1.165, 1.54) is 6.42 Å².